The number of aromatic nitrogens is 1. The van der Waals surface area contributed by atoms with Crippen molar-refractivity contribution in [2.45, 2.75) is 18.8 Å². The molecule has 1 saturated heterocycles. The molecular formula is C25H26FN5O3S2. The molecule has 4 N–H and O–H groups in total. The van der Waals surface area contributed by atoms with Gasteiger partial charge in [-0.15, -0.1) is 11.3 Å². The van der Waals surface area contributed by atoms with E-state index in [1.54, 1.807) is 35.7 Å². The van der Waals surface area contributed by atoms with E-state index in [-0.39, 0.29) is 24.3 Å². The number of anilines is 2. The van der Waals surface area contributed by atoms with E-state index in [0.717, 1.165) is 36.5 Å². The van der Waals surface area contributed by atoms with Crippen LogP contribution in [0.1, 0.15) is 34.3 Å². The third kappa shape index (κ3) is 6.16. The fourth-order valence-corrected chi connectivity index (χ4v) is 5.18. The van der Waals surface area contributed by atoms with Crippen molar-refractivity contribution < 1.29 is 18.7 Å². The number of nitrogens with zero attached hydrogens (tertiary/aromatic N) is 2. The Hall–Kier alpha value is -3.57. The van der Waals surface area contributed by atoms with E-state index in [4.69, 9.17) is 18.0 Å². The molecule has 0 atom stereocenters. The van der Waals surface area contributed by atoms with E-state index >= 15 is 0 Å². The van der Waals surface area contributed by atoms with E-state index in [1.165, 1.54) is 30.6 Å². The highest BCUT2D eigenvalue weighted by atomic mass is 32.1. The molecule has 1 aromatic heterocycles. The lowest BCUT2D eigenvalue weighted by molar-refractivity contribution is -0.139. The van der Waals surface area contributed by atoms with E-state index in [2.05, 4.69) is 20.4 Å². The minimum Gasteiger partial charge on any atom is -0.468 e. The van der Waals surface area contributed by atoms with Gasteiger partial charge in [-0.2, -0.15) is 0 Å². The minimum absolute atomic E-state index is 0.0360. The first-order valence-electron chi connectivity index (χ1n) is 11.4. The van der Waals surface area contributed by atoms with Crippen LogP contribution in [-0.2, 0) is 9.53 Å². The van der Waals surface area contributed by atoms with E-state index in [9.17, 15) is 14.0 Å². The van der Waals surface area contributed by atoms with Crippen molar-refractivity contribution in [2.24, 2.45) is 0 Å². The number of piperidine rings is 1. The van der Waals surface area contributed by atoms with Crippen LogP contribution < -0.4 is 16.4 Å². The number of methoxy groups -OCH3 is 1. The van der Waals surface area contributed by atoms with Crippen molar-refractivity contribution in [2.75, 3.05) is 37.8 Å². The maximum absolute atomic E-state index is 14.0. The number of nitrogens with two attached hydrogens (primary N) is 1. The van der Waals surface area contributed by atoms with Crippen LogP contribution in [-0.4, -0.2) is 53.6 Å². The number of benzene rings is 2. The van der Waals surface area contributed by atoms with Gasteiger partial charge in [0.2, 0.25) is 0 Å². The van der Waals surface area contributed by atoms with Gasteiger partial charge in [0.25, 0.3) is 5.91 Å². The number of hydrogen-bond acceptors (Lipinski definition) is 7. The normalized spacial score (nSPS) is 13.8. The van der Waals surface area contributed by atoms with Crippen LogP contribution in [0.5, 0.6) is 0 Å². The lowest BCUT2D eigenvalue weighted by Gasteiger charge is -2.33. The molecule has 1 aliphatic rings. The van der Waals surface area contributed by atoms with Crippen molar-refractivity contribution in [1.29, 1.82) is 0 Å². The lowest BCUT2D eigenvalue weighted by atomic mass is 9.98. The Morgan fingerprint density at radius 3 is 2.64 bits per heavy atom. The van der Waals surface area contributed by atoms with Crippen molar-refractivity contribution >= 4 is 51.9 Å². The zero-order valence-electron chi connectivity index (χ0n) is 19.6. The number of halogens is 1. The number of thiazole rings is 1. The molecule has 3 aromatic rings. The molecule has 0 spiro atoms. The fourth-order valence-electron chi connectivity index (χ4n) is 3.95. The SMILES string of the molecule is COC(=O)CNC(=S)N1CCC(c2nc(C(=O)Nc3ccc(F)cc3-c3ccc(N)cc3)cs2)CC1. The van der Waals surface area contributed by atoms with Crippen LogP contribution in [0.3, 0.4) is 0 Å². The number of amides is 1. The Kier molecular flexibility index (Phi) is 8.11. The van der Waals surface area contributed by atoms with Gasteiger partial charge >= 0.3 is 5.97 Å². The highest BCUT2D eigenvalue weighted by Gasteiger charge is 2.25. The number of carbonyl (C=O) groups is 2. The van der Waals surface area contributed by atoms with Gasteiger partial charge in [0.05, 0.1) is 12.1 Å². The largest absolute Gasteiger partial charge is 0.468 e. The second-order valence-corrected chi connectivity index (χ2v) is 9.61. The summed E-state index contributed by atoms with van der Waals surface area (Å²) in [5.41, 5.74) is 8.47. The molecule has 36 heavy (non-hydrogen) atoms. The van der Waals surface area contributed by atoms with Crippen LogP contribution >= 0.6 is 23.6 Å². The smallest absolute Gasteiger partial charge is 0.325 e. The first kappa shape index (κ1) is 25.5. The molecule has 188 valence electrons. The number of carbonyl (C=O) groups excluding carboxylic acids is 2. The number of likely N-dealkylation sites (tertiary alicyclic amines) is 1. The number of hydrogen-bond donors (Lipinski definition) is 3. The van der Waals surface area contributed by atoms with Gasteiger partial charge in [0, 0.05) is 41.3 Å². The summed E-state index contributed by atoms with van der Waals surface area (Å²) >= 11 is 6.82. The molecule has 11 heteroatoms. The van der Waals surface area contributed by atoms with Gasteiger partial charge in [0.1, 0.15) is 18.1 Å². The maximum atomic E-state index is 14.0. The standard InChI is InChI=1S/C25H26FN5O3S2/c1-34-22(32)13-28-25(35)31-10-8-16(9-11-31)24-30-21(14-36-24)23(33)29-20-7-4-17(26)12-19(20)15-2-5-18(27)6-3-15/h2-7,12,14,16H,8-11,13,27H2,1H3,(H,28,35)(H,29,33). The van der Waals surface area contributed by atoms with Gasteiger partial charge in [-0.25, -0.2) is 9.37 Å². The molecule has 2 heterocycles. The molecule has 2 aromatic carbocycles. The fraction of sp³-hybridized carbons (Fsp3) is 0.280. The van der Waals surface area contributed by atoms with Gasteiger partial charge in [-0.05, 0) is 61.0 Å². The van der Waals surface area contributed by atoms with Crippen LogP contribution in [0, 0.1) is 5.82 Å². The molecule has 1 amide bonds. The Labute approximate surface area is 217 Å². The highest BCUT2D eigenvalue weighted by Crippen LogP contribution is 2.32. The predicted octanol–water partition coefficient (Wildman–Crippen LogP) is 4.01. The average Bonchev–Trinajstić information content (AvgIpc) is 3.39. The quantitative estimate of drug-likeness (QED) is 0.251. The van der Waals surface area contributed by atoms with E-state index < -0.39 is 5.82 Å². The maximum Gasteiger partial charge on any atom is 0.325 e. The Morgan fingerprint density at radius 2 is 1.94 bits per heavy atom. The first-order chi connectivity index (χ1) is 17.3. The van der Waals surface area contributed by atoms with Crippen LogP contribution in [0.4, 0.5) is 15.8 Å². The number of esters is 1. The highest BCUT2D eigenvalue weighted by molar-refractivity contribution is 7.80. The molecule has 1 fully saturated rings. The number of nitrogen functional groups attached to an aromatic ring is 1. The Bertz CT molecular complexity index is 1260. The summed E-state index contributed by atoms with van der Waals surface area (Å²) in [5.74, 6) is -0.914. The van der Waals surface area contributed by atoms with E-state index in [1.807, 2.05) is 4.90 Å². The molecule has 0 bridgehead atoms. The molecule has 0 saturated carbocycles. The van der Waals surface area contributed by atoms with Crippen molar-refractivity contribution in [3.8, 4) is 11.1 Å². The zero-order valence-corrected chi connectivity index (χ0v) is 21.3. The summed E-state index contributed by atoms with van der Waals surface area (Å²) < 4.78 is 18.6. The summed E-state index contributed by atoms with van der Waals surface area (Å²) in [6.45, 7) is 1.48. The number of nitrogens with one attached hydrogen (secondary N) is 2. The molecule has 1 aliphatic heterocycles. The Morgan fingerprint density at radius 1 is 1.22 bits per heavy atom. The number of thiocarbonyl (C=S) groups is 1. The van der Waals surface area contributed by atoms with Gasteiger partial charge in [-0.3, -0.25) is 9.59 Å². The zero-order chi connectivity index (χ0) is 25.7. The van der Waals surface area contributed by atoms with Crippen molar-refractivity contribution in [3.63, 3.8) is 0 Å². The predicted molar refractivity (Wildman–Crippen MR) is 142 cm³/mol. The minimum atomic E-state index is -0.401. The summed E-state index contributed by atoms with van der Waals surface area (Å²) in [5, 5.41) is 8.94. The average molecular weight is 528 g/mol. The second-order valence-electron chi connectivity index (χ2n) is 8.33. The summed E-state index contributed by atoms with van der Waals surface area (Å²) in [6, 6.07) is 11.2. The van der Waals surface area contributed by atoms with Crippen LogP contribution in [0.25, 0.3) is 11.1 Å². The van der Waals surface area contributed by atoms with Crippen LogP contribution in [0.15, 0.2) is 47.8 Å². The summed E-state index contributed by atoms with van der Waals surface area (Å²) in [4.78, 5) is 30.9. The van der Waals surface area contributed by atoms with E-state index in [0.29, 0.717) is 27.7 Å². The van der Waals surface area contributed by atoms with Crippen molar-refractivity contribution in [3.05, 3.63) is 64.4 Å². The van der Waals surface area contributed by atoms with Gasteiger partial charge in [-0.1, -0.05) is 12.1 Å². The third-order valence-electron chi connectivity index (χ3n) is 5.95. The molecular weight excluding hydrogens is 501 g/mol. The first-order valence-corrected chi connectivity index (χ1v) is 12.6. The monoisotopic (exact) mass is 527 g/mol. The number of ether oxygens (including phenoxy) is 1. The van der Waals surface area contributed by atoms with Gasteiger partial charge in [0.15, 0.2) is 5.11 Å². The molecule has 0 unspecified atom stereocenters. The lowest BCUT2D eigenvalue weighted by Crippen LogP contribution is -2.45. The topological polar surface area (TPSA) is 110 Å². The summed E-state index contributed by atoms with van der Waals surface area (Å²) in [7, 11) is 1.33. The molecule has 8 nitrogen and oxygen atoms in total. The van der Waals surface area contributed by atoms with Gasteiger partial charge < -0.3 is 26.0 Å². The molecule has 4 rings (SSSR count). The van der Waals surface area contributed by atoms with Crippen molar-refractivity contribution in [1.82, 2.24) is 15.2 Å². The Balaban J connectivity index is 1.38. The summed E-state index contributed by atoms with van der Waals surface area (Å²) in [6.07, 6.45) is 1.65. The second kappa shape index (κ2) is 11.4. The third-order valence-corrected chi connectivity index (χ3v) is 7.36. The number of rotatable bonds is 6. The molecule has 0 radical (unpaired) electrons. The van der Waals surface area contributed by atoms with Crippen LogP contribution in [0.2, 0.25) is 0 Å². The molecule has 0 aliphatic carbocycles.